The minimum atomic E-state index is -1.75. The Morgan fingerprint density at radius 3 is 1.90 bits per heavy atom. The average molecular weight is 291 g/mol. The van der Waals surface area contributed by atoms with E-state index in [1.807, 2.05) is 0 Å². The van der Waals surface area contributed by atoms with Crippen LogP contribution in [0.4, 0.5) is 17.6 Å². The van der Waals surface area contributed by atoms with Crippen molar-refractivity contribution in [1.82, 2.24) is 0 Å². The molecular weight excluding hydrogens is 278 g/mol. The van der Waals surface area contributed by atoms with Crippen molar-refractivity contribution in [3.63, 3.8) is 0 Å². The number of esters is 1. The number of carbonyl (C=O) groups is 1. The molecule has 0 radical (unpaired) electrons. The molecule has 1 aliphatic rings. The summed E-state index contributed by atoms with van der Waals surface area (Å²) in [7, 11) is 0.856. The molecule has 2 N–H and O–H groups in total. The van der Waals surface area contributed by atoms with E-state index in [2.05, 4.69) is 4.74 Å². The molecule has 7 heteroatoms. The van der Waals surface area contributed by atoms with Gasteiger partial charge >= 0.3 is 5.97 Å². The summed E-state index contributed by atoms with van der Waals surface area (Å²) in [6.45, 7) is 1.51. The molecule has 20 heavy (non-hydrogen) atoms. The molecule has 2 rings (SSSR count). The molecule has 0 aromatic heterocycles. The Morgan fingerprint density at radius 1 is 1.15 bits per heavy atom. The molecule has 0 aliphatic heterocycles. The third-order valence-corrected chi connectivity index (χ3v) is 3.81. The van der Waals surface area contributed by atoms with Crippen LogP contribution in [0.3, 0.4) is 0 Å². The van der Waals surface area contributed by atoms with Gasteiger partial charge in [0.25, 0.3) is 0 Å². The number of benzene rings is 1. The number of carbonyl (C=O) groups excluding carboxylic acids is 1. The molecule has 0 bridgehead atoms. The second-order valence-corrected chi connectivity index (χ2v) is 4.94. The molecule has 1 aromatic carbocycles. The van der Waals surface area contributed by atoms with Gasteiger partial charge in [0.15, 0.2) is 23.3 Å². The van der Waals surface area contributed by atoms with Gasteiger partial charge in [0.05, 0.1) is 7.11 Å². The first-order valence-corrected chi connectivity index (χ1v) is 5.98. The minimum Gasteiger partial charge on any atom is -0.465 e. The van der Waals surface area contributed by atoms with Crippen molar-refractivity contribution < 1.29 is 27.1 Å². The maximum absolute atomic E-state index is 14.1. The van der Waals surface area contributed by atoms with E-state index in [1.54, 1.807) is 0 Å². The van der Waals surface area contributed by atoms with Gasteiger partial charge in [-0.05, 0) is 19.8 Å². The molecular formula is C13H13F4NO2. The van der Waals surface area contributed by atoms with E-state index in [9.17, 15) is 22.4 Å². The molecule has 3 nitrogen and oxygen atoms in total. The lowest BCUT2D eigenvalue weighted by atomic mass is 9.87. The van der Waals surface area contributed by atoms with Crippen LogP contribution in [-0.2, 0) is 10.2 Å². The van der Waals surface area contributed by atoms with Crippen molar-refractivity contribution in [3.05, 3.63) is 34.4 Å². The zero-order valence-electron chi connectivity index (χ0n) is 10.9. The fraction of sp³-hybridized carbons (Fsp3) is 0.462. The van der Waals surface area contributed by atoms with Crippen LogP contribution >= 0.6 is 0 Å². The van der Waals surface area contributed by atoms with Gasteiger partial charge in [0, 0.05) is 17.0 Å². The number of rotatable bonds is 3. The molecule has 0 heterocycles. The highest BCUT2D eigenvalue weighted by Crippen LogP contribution is 2.52. The third kappa shape index (κ3) is 1.88. The lowest BCUT2D eigenvalue weighted by molar-refractivity contribution is 0.0586. The summed E-state index contributed by atoms with van der Waals surface area (Å²) in [5, 5.41) is 0. The van der Waals surface area contributed by atoms with Crippen molar-refractivity contribution >= 4 is 5.97 Å². The molecule has 1 aliphatic carbocycles. The Morgan fingerprint density at radius 2 is 1.60 bits per heavy atom. The van der Waals surface area contributed by atoms with Gasteiger partial charge in [0.2, 0.25) is 0 Å². The smallest absolute Gasteiger partial charge is 0.344 e. The van der Waals surface area contributed by atoms with Crippen LogP contribution in [0.25, 0.3) is 0 Å². The molecule has 0 spiro atoms. The van der Waals surface area contributed by atoms with E-state index >= 15 is 0 Å². The Hall–Kier alpha value is -1.63. The fourth-order valence-corrected chi connectivity index (χ4v) is 2.42. The van der Waals surface area contributed by atoms with E-state index in [0.29, 0.717) is 12.8 Å². The third-order valence-electron chi connectivity index (χ3n) is 3.81. The summed E-state index contributed by atoms with van der Waals surface area (Å²) < 4.78 is 59.9. The Bertz CT molecular complexity index is 553. The highest BCUT2D eigenvalue weighted by Gasteiger charge is 2.52. The lowest BCUT2D eigenvalue weighted by Gasteiger charge is -2.22. The summed E-state index contributed by atoms with van der Waals surface area (Å²) in [5.41, 5.74) is 2.44. The van der Waals surface area contributed by atoms with Gasteiger partial charge in [-0.2, -0.15) is 0 Å². The Kier molecular flexibility index (Phi) is 3.49. The van der Waals surface area contributed by atoms with E-state index < -0.39 is 51.8 Å². The molecule has 0 amide bonds. The normalized spacial score (nSPS) is 17.8. The van der Waals surface area contributed by atoms with E-state index in [-0.39, 0.29) is 0 Å². The highest BCUT2D eigenvalue weighted by atomic mass is 19.2. The summed E-state index contributed by atoms with van der Waals surface area (Å²) in [6, 6.07) is -0.672. The first kappa shape index (κ1) is 14.8. The summed E-state index contributed by atoms with van der Waals surface area (Å²) >= 11 is 0. The molecule has 1 saturated carbocycles. The van der Waals surface area contributed by atoms with Crippen LogP contribution in [0.1, 0.15) is 35.7 Å². The lowest BCUT2D eigenvalue weighted by Crippen LogP contribution is -2.34. The highest BCUT2D eigenvalue weighted by molar-refractivity contribution is 5.90. The standard InChI is InChI=1S/C13H13F4NO2/c1-5(18)13(3-4-13)7-10(16)8(14)6(12(19)20-2)9(15)11(7)17/h5H,3-4,18H2,1-2H3. The van der Waals surface area contributed by atoms with Crippen molar-refractivity contribution in [2.45, 2.75) is 31.2 Å². The monoisotopic (exact) mass is 291 g/mol. The summed E-state index contributed by atoms with van der Waals surface area (Å²) in [5.74, 6) is -8.15. The number of hydrogen-bond acceptors (Lipinski definition) is 3. The molecule has 1 fully saturated rings. The molecule has 1 atom stereocenters. The van der Waals surface area contributed by atoms with Gasteiger partial charge < -0.3 is 10.5 Å². The van der Waals surface area contributed by atoms with Crippen molar-refractivity contribution in [3.8, 4) is 0 Å². The predicted molar refractivity (Wildman–Crippen MR) is 62.2 cm³/mol. The van der Waals surface area contributed by atoms with E-state index in [1.165, 1.54) is 6.92 Å². The zero-order valence-corrected chi connectivity index (χ0v) is 10.9. The molecule has 110 valence electrons. The second kappa shape index (κ2) is 4.73. The van der Waals surface area contributed by atoms with Crippen LogP contribution in [0, 0.1) is 23.3 Å². The largest absolute Gasteiger partial charge is 0.465 e. The van der Waals surface area contributed by atoms with Crippen LogP contribution in [0.5, 0.6) is 0 Å². The quantitative estimate of drug-likeness (QED) is 0.528. The number of nitrogens with two attached hydrogens (primary N) is 1. The predicted octanol–water partition coefficient (Wildman–Crippen LogP) is 2.41. The van der Waals surface area contributed by atoms with Gasteiger partial charge in [-0.3, -0.25) is 0 Å². The number of halogens is 4. The Labute approximate surface area is 112 Å². The SMILES string of the molecule is COC(=O)c1c(F)c(F)c(C2(C(C)N)CC2)c(F)c1F. The topological polar surface area (TPSA) is 52.3 Å². The maximum Gasteiger partial charge on any atom is 0.344 e. The Balaban J connectivity index is 2.72. The summed E-state index contributed by atoms with van der Waals surface area (Å²) in [4.78, 5) is 11.2. The van der Waals surface area contributed by atoms with Gasteiger partial charge in [-0.15, -0.1) is 0 Å². The maximum atomic E-state index is 14.1. The molecule has 1 unspecified atom stereocenters. The average Bonchev–Trinajstić information content (AvgIpc) is 3.18. The minimum absolute atomic E-state index is 0.328. The zero-order chi connectivity index (χ0) is 15.2. The molecule has 1 aromatic rings. The van der Waals surface area contributed by atoms with E-state index in [4.69, 9.17) is 5.73 Å². The van der Waals surface area contributed by atoms with Crippen LogP contribution < -0.4 is 5.73 Å². The summed E-state index contributed by atoms with van der Waals surface area (Å²) in [6.07, 6.45) is 0.657. The second-order valence-electron chi connectivity index (χ2n) is 4.94. The number of ether oxygens (including phenoxy) is 1. The van der Waals surface area contributed by atoms with Crippen molar-refractivity contribution in [2.24, 2.45) is 5.73 Å². The van der Waals surface area contributed by atoms with Gasteiger partial charge in [0.1, 0.15) is 5.56 Å². The van der Waals surface area contributed by atoms with Crippen molar-refractivity contribution in [2.75, 3.05) is 7.11 Å². The van der Waals surface area contributed by atoms with Crippen LogP contribution in [-0.4, -0.2) is 19.1 Å². The number of methoxy groups -OCH3 is 1. The van der Waals surface area contributed by atoms with E-state index in [0.717, 1.165) is 7.11 Å². The van der Waals surface area contributed by atoms with Crippen molar-refractivity contribution in [1.29, 1.82) is 0 Å². The van der Waals surface area contributed by atoms with Crippen LogP contribution in [0.2, 0.25) is 0 Å². The number of hydrogen-bond donors (Lipinski definition) is 1. The first-order valence-electron chi connectivity index (χ1n) is 5.98. The fourth-order valence-electron chi connectivity index (χ4n) is 2.42. The van der Waals surface area contributed by atoms with Crippen LogP contribution in [0.15, 0.2) is 0 Å². The molecule has 0 saturated heterocycles. The first-order chi connectivity index (χ1) is 9.27. The van der Waals surface area contributed by atoms with Gasteiger partial charge in [-0.25, -0.2) is 22.4 Å². The van der Waals surface area contributed by atoms with Gasteiger partial charge in [-0.1, -0.05) is 0 Å².